The molecule has 5 nitrogen and oxygen atoms in total. The number of rotatable bonds is 2. The number of fused-ring (bicyclic) bond motifs is 1. The van der Waals surface area contributed by atoms with Gasteiger partial charge in [-0.25, -0.2) is 0 Å². The first-order chi connectivity index (χ1) is 9.78. The van der Waals surface area contributed by atoms with Crippen molar-refractivity contribution in [1.29, 1.82) is 5.26 Å². The van der Waals surface area contributed by atoms with Crippen molar-refractivity contribution in [1.82, 2.24) is 14.7 Å². The van der Waals surface area contributed by atoms with Gasteiger partial charge in [0, 0.05) is 32.7 Å². The Morgan fingerprint density at radius 1 is 1.15 bits per heavy atom. The third-order valence-electron chi connectivity index (χ3n) is 4.10. The SMILES string of the molecule is N#CN1CCN2CCN(Cc3ccccc3)C(=O)[C@H]2C1. The molecule has 1 aromatic rings. The molecule has 2 aliphatic heterocycles. The zero-order valence-corrected chi connectivity index (χ0v) is 11.4. The van der Waals surface area contributed by atoms with Gasteiger partial charge in [0.05, 0.1) is 6.54 Å². The van der Waals surface area contributed by atoms with E-state index in [4.69, 9.17) is 5.26 Å². The van der Waals surface area contributed by atoms with Crippen LogP contribution in [0.2, 0.25) is 0 Å². The Bertz CT molecular complexity index is 524. The van der Waals surface area contributed by atoms with E-state index >= 15 is 0 Å². The molecule has 2 fully saturated rings. The lowest BCUT2D eigenvalue weighted by atomic mass is 10.1. The molecule has 0 N–H and O–H groups in total. The molecule has 0 spiro atoms. The second-order valence-corrected chi connectivity index (χ2v) is 5.34. The molecule has 0 saturated carbocycles. The second kappa shape index (κ2) is 5.51. The van der Waals surface area contributed by atoms with Crippen LogP contribution < -0.4 is 0 Å². The van der Waals surface area contributed by atoms with Crippen LogP contribution >= 0.6 is 0 Å². The minimum absolute atomic E-state index is 0.152. The van der Waals surface area contributed by atoms with Crippen molar-refractivity contribution in [3.8, 4) is 6.19 Å². The zero-order valence-electron chi connectivity index (χ0n) is 11.4. The molecule has 2 saturated heterocycles. The fourth-order valence-corrected chi connectivity index (χ4v) is 2.94. The van der Waals surface area contributed by atoms with Crippen LogP contribution in [0.5, 0.6) is 0 Å². The highest BCUT2D eigenvalue weighted by Crippen LogP contribution is 2.18. The van der Waals surface area contributed by atoms with E-state index in [0.717, 1.165) is 31.7 Å². The van der Waals surface area contributed by atoms with Crippen molar-refractivity contribution in [3.63, 3.8) is 0 Å². The largest absolute Gasteiger partial charge is 0.336 e. The molecule has 3 rings (SSSR count). The molecule has 0 aromatic heterocycles. The van der Waals surface area contributed by atoms with E-state index in [0.29, 0.717) is 13.1 Å². The molecule has 0 radical (unpaired) electrons. The average molecular weight is 270 g/mol. The van der Waals surface area contributed by atoms with E-state index in [-0.39, 0.29) is 11.9 Å². The Morgan fingerprint density at radius 2 is 1.90 bits per heavy atom. The predicted molar refractivity (Wildman–Crippen MR) is 74.4 cm³/mol. The number of hydrogen-bond acceptors (Lipinski definition) is 4. The number of amides is 1. The molecule has 0 aliphatic carbocycles. The number of nitrogens with zero attached hydrogens (tertiary/aromatic N) is 4. The summed E-state index contributed by atoms with van der Waals surface area (Å²) in [5, 5.41) is 9.00. The second-order valence-electron chi connectivity index (χ2n) is 5.34. The third-order valence-corrected chi connectivity index (χ3v) is 4.10. The molecule has 20 heavy (non-hydrogen) atoms. The van der Waals surface area contributed by atoms with Crippen molar-refractivity contribution in [2.24, 2.45) is 0 Å². The maximum Gasteiger partial charge on any atom is 0.242 e. The van der Waals surface area contributed by atoms with Gasteiger partial charge in [-0.15, -0.1) is 0 Å². The van der Waals surface area contributed by atoms with Crippen LogP contribution in [0.3, 0.4) is 0 Å². The van der Waals surface area contributed by atoms with Gasteiger partial charge in [-0.1, -0.05) is 30.3 Å². The summed E-state index contributed by atoms with van der Waals surface area (Å²) in [6, 6.07) is 9.91. The van der Waals surface area contributed by atoms with Crippen molar-refractivity contribution in [3.05, 3.63) is 35.9 Å². The van der Waals surface area contributed by atoms with Gasteiger partial charge in [0.25, 0.3) is 0 Å². The topological polar surface area (TPSA) is 50.6 Å². The van der Waals surface area contributed by atoms with Gasteiger partial charge in [0.15, 0.2) is 6.19 Å². The molecule has 104 valence electrons. The molecule has 0 unspecified atom stereocenters. The molecule has 1 aromatic carbocycles. The highest BCUT2D eigenvalue weighted by atomic mass is 16.2. The van der Waals surface area contributed by atoms with Gasteiger partial charge in [-0.05, 0) is 5.56 Å². The number of carbonyl (C=O) groups is 1. The fraction of sp³-hybridized carbons (Fsp3) is 0.467. The molecule has 0 bridgehead atoms. The number of benzene rings is 1. The number of hydrogen-bond donors (Lipinski definition) is 0. The van der Waals surface area contributed by atoms with E-state index in [1.165, 1.54) is 0 Å². The van der Waals surface area contributed by atoms with Crippen LogP contribution in [-0.2, 0) is 11.3 Å². The number of carbonyl (C=O) groups excluding carboxylic acids is 1. The van der Waals surface area contributed by atoms with Crippen LogP contribution in [0, 0.1) is 11.5 Å². The first kappa shape index (κ1) is 12.9. The van der Waals surface area contributed by atoms with Gasteiger partial charge in [-0.2, -0.15) is 5.26 Å². The molecule has 2 heterocycles. The Labute approximate surface area is 119 Å². The van der Waals surface area contributed by atoms with Crippen molar-refractivity contribution >= 4 is 5.91 Å². The zero-order chi connectivity index (χ0) is 13.9. The van der Waals surface area contributed by atoms with E-state index in [2.05, 4.69) is 11.1 Å². The highest BCUT2D eigenvalue weighted by molar-refractivity contribution is 5.83. The number of piperazine rings is 2. The maximum atomic E-state index is 12.6. The Balaban J connectivity index is 1.70. The lowest BCUT2D eigenvalue weighted by molar-refractivity contribution is -0.145. The quantitative estimate of drug-likeness (QED) is 0.734. The summed E-state index contributed by atoms with van der Waals surface area (Å²) < 4.78 is 0. The summed E-state index contributed by atoms with van der Waals surface area (Å²) in [7, 11) is 0. The smallest absolute Gasteiger partial charge is 0.242 e. The molecule has 5 heteroatoms. The third kappa shape index (κ3) is 2.47. The van der Waals surface area contributed by atoms with Crippen molar-refractivity contribution < 1.29 is 4.79 Å². The van der Waals surface area contributed by atoms with E-state index in [1.807, 2.05) is 35.2 Å². The van der Waals surface area contributed by atoms with Gasteiger partial charge < -0.3 is 9.80 Å². The van der Waals surface area contributed by atoms with E-state index in [9.17, 15) is 4.79 Å². The van der Waals surface area contributed by atoms with Gasteiger partial charge >= 0.3 is 0 Å². The summed E-state index contributed by atoms with van der Waals surface area (Å²) in [5.74, 6) is 0.153. The van der Waals surface area contributed by atoms with Gasteiger partial charge in [0.1, 0.15) is 6.04 Å². The molecular formula is C15H18N4O. The Morgan fingerprint density at radius 3 is 2.65 bits per heavy atom. The monoisotopic (exact) mass is 270 g/mol. The van der Waals surface area contributed by atoms with Crippen LogP contribution in [0.25, 0.3) is 0 Å². The average Bonchev–Trinajstić information content (AvgIpc) is 2.51. The lowest BCUT2D eigenvalue weighted by Gasteiger charge is -2.45. The van der Waals surface area contributed by atoms with E-state index < -0.39 is 0 Å². The minimum atomic E-state index is -0.152. The van der Waals surface area contributed by atoms with Crippen LogP contribution in [-0.4, -0.2) is 59.4 Å². The Hall–Kier alpha value is -2.06. The fourth-order valence-electron chi connectivity index (χ4n) is 2.94. The van der Waals surface area contributed by atoms with Crippen LogP contribution in [0.15, 0.2) is 30.3 Å². The molecule has 1 amide bonds. The van der Waals surface area contributed by atoms with Crippen molar-refractivity contribution in [2.75, 3.05) is 32.7 Å². The van der Waals surface area contributed by atoms with Gasteiger partial charge in [0.2, 0.25) is 5.91 Å². The summed E-state index contributed by atoms with van der Waals surface area (Å²) >= 11 is 0. The molecule has 1 atom stereocenters. The number of nitriles is 1. The standard InChI is InChI=1S/C15H18N4O/c16-12-17-6-7-18-8-9-19(15(20)14(18)11-17)10-13-4-2-1-3-5-13/h1-5,14H,6-11H2/t14-/m1/s1. The van der Waals surface area contributed by atoms with Crippen molar-refractivity contribution in [2.45, 2.75) is 12.6 Å². The molecular weight excluding hydrogens is 252 g/mol. The first-order valence-electron chi connectivity index (χ1n) is 6.99. The maximum absolute atomic E-state index is 12.6. The highest BCUT2D eigenvalue weighted by Gasteiger charge is 2.38. The minimum Gasteiger partial charge on any atom is -0.336 e. The van der Waals surface area contributed by atoms with E-state index in [1.54, 1.807) is 4.90 Å². The van der Waals surface area contributed by atoms with Crippen LogP contribution in [0.1, 0.15) is 5.56 Å². The lowest BCUT2D eigenvalue weighted by Crippen LogP contribution is -2.63. The van der Waals surface area contributed by atoms with Gasteiger partial charge in [-0.3, -0.25) is 9.69 Å². The normalized spacial score (nSPS) is 23.4. The predicted octanol–water partition coefficient (Wildman–Crippen LogP) is 0.496. The Kier molecular flexibility index (Phi) is 3.57. The summed E-state index contributed by atoms with van der Waals surface area (Å²) in [4.78, 5) is 18.4. The summed E-state index contributed by atoms with van der Waals surface area (Å²) in [6.45, 7) is 4.42. The summed E-state index contributed by atoms with van der Waals surface area (Å²) in [5.41, 5.74) is 1.15. The van der Waals surface area contributed by atoms with Crippen LogP contribution in [0.4, 0.5) is 0 Å². The first-order valence-corrected chi connectivity index (χ1v) is 6.99. The summed E-state index contributed by atoms with van der Waals surface area (Å²) in [6.07, 6.45) is 2.16. The molecule has 2 aliphatic rings.